The Balaban J connectivity index is 3.27. The van der Waals surface area contributed by atoms with Gasteiger partial charge in [0.1, 0.15) is 0 Å². The van der Waals surface area contributed by atoms with Crippen molar-refractivity contribution in [3.8, 4) is 5.75 Å². The highest BCUT2D eigenvalue weighted by atomic mass is 31.2. The minimum atomic E-state index is -4.97. The molecule has 0 saturated carbocycles. The zero-order valence-corrected chi connectivity index (χ0v) is 8.81. The van der Waals surface area contributed by atoms with Gasteiger partial charge in [-0.3, -0.25) is 30.0 Å². The molecule has 0 heterocycles. The van der Waals surface area contributed by atoms with Gasteiger partial charge in [0.2, 0.25) is 5.75 Å². The highest BCUT2D eigenvalue weighted by Crippen LogP contribution is 2.42. The van der Waals surface area contributed by atoms with Crippen LogP contribution in [0.3, 0.4) is 0 Å². The second-order valence-electron chi connectivity index (χ2n) is 2.75. The Morgan fingerprint density at radius 2 is 1.76 bits per heavy atom. The number of non-ortho nitro benzene ring substituents is 1. The van der Waals surface area contributed by atoms with E-state index in [2.05, 4.69) is 4.52 Å². The first-order valence-electron chi connectivity index (χ1n) is 3.88. The average molecular weight is 264 g/mol. The van der Waals surface area contributed by atoms with Gasteiger partial charge in [0.05, 0.1) is 15.9 Å². The lowest BCUT2D eigenvalue weighted by molar-refractivity contribution is -0.394. The predicted octanol–water partition coefficient (Wildman–Crippen LogP) is 0.974. The van der Waals surface area contributed by atoms with Crippen LogP contribution in [0.2, 0.25) is 0 Å². The van der Waals surface area contributed by atoms with E-state index in [1.165, 1.54) is 0 Å². The fraction of sp³-hybridized carbons (Fsp3) is 0. The molecule has 0 radical (unpaired) electrons. The lowest BCUT2D eigenvalue weighted by Crippen LogP contribution is -1.97. The molecule has 1 aromatic rings. The third kappa shape index (κ3) is 3.48. The molecule has 0 aliphatic rings. The predicted molar refractivity (Wildman–Crippen MR) is 52.4 cm³/mol. The van der Waals surface area contributed by atoms with Crippen LogP contribution in [-0.2, 0) is 4.57 Å². The van der Waals surface area contributed by atoms with E-state index in [1.807, 2.05) is 0 Å². The third-order valence-electron chi connectivity index (χ3n) is 1.57. The number of hydrogen-bond acceptors (Lipinski definition) is 6. The van der Waals surface area contributed by atoms with E-state index >= 15 is 0 Å². The van der Waals surface area contributed by atoms with Crippen molar-refractivity contribution in [2.24, 2.45) is 0 Å². The molecule has 11 heteroatoms. The summed E-state index contributed by atoms with van der Waals surface area (Å²) in [5.74, 6) is -0.742. The topological polar surface area (TPSA) is 153 Å². The summed E-state index contributed by atoms with van der Waals surface area (Å²) in [4.78, 5) is 35.9. The van der Waals surface area contributed by atoms with E-state index < -0.39 is 34.8 Å². The summed E-state index contributed by atoms with van der Waals surface area (Å²) in [7, 11) is -4.97. The van der Waals surface area contributed by atoms with E-state index in [0.29, 0.717) is 6.07 Å². The molecule has 10 nitrogen and oxygen atoms in total. The van der Waals surface area contributed by atoms with Crippen molar-refractivity contribution >= 4 is 19.2 Å². The summed E-state index contributed by atoms with van der Waals surface area (Å²) >= 11 is 0. The maximum atomic E-state index is 10.5. The number of phosphoric acid groups is 1. The van der Waals surface area contributed by atoms with Crippen molar-refractivity contribution in [1.29, 1.82) is 0 Å². The molecule has 0 atom stereocenters. The number of nitro groups is 2. The summed E-state index contributed by atoms with van der Waals surface area (Å²) < 4.78 is 14.5. The summed E-state index contributed by atoms with van der Waals surface area (Å²) in [6.07, 6.45) is 0. The maximum absolute atomic E-state index is 10.5. The number of rotatable bonds is 4. The lowest BCUT2D eigenvalue weighted by Gasteiger charge is -2.06. The van der Waals surface area contributed by atoms with Gasteiger partial charge in [-0.05, 0) is 6.07 Å². The molecule has 0 saturated heterocycles. The van der Waals surface area contributed by atoms with Gasteiger partial charge in [-0.15, -0.1) is 0 Å². The number of phosphoric ester groups is 1. The average Bonchev–Trinajstić information content (AvgIpc) is 2.14. The van der Waals surface area contributed by atoms with Gasteiger partial charge in [0, 0.05) is 6.07 Å². The van der Waals surface area contributed by atoms with Gasteiger partial charge in [-0.1, -0.05) is 0 Å². The second-order valence-corrected chi connectivity index (χ2v) is 3.91. The van der Waals surface area contributed by atoms with Crippen LogP contribution in [0.15, 0.2) is 18.2 Å². The number of benzene rings is 1. The van der Waals surface area contributed by atoms with Crippen molar-refractivity contribution in [3.05, 3.63) is 38.4 Å². The van der Waals surface area contributed by atoms with Gasteiger partial charge in [-0.2, -0.15) is 0 Å². The van der Waals surface area contributed by atoms with Crippen LogP contribution >= 0.6 is 7.82 Å². The van der Waals surface area contributed by atoms with E-state index in [1.54, 1.807) is 0 Å². The molecule has 0 bridgehead atoms. The zero-order chi connectivity index (χ0) is 13.2. The molecule has 0 unspecified atom stereocenters. The number of nitro benzene ring substituents is 2. The van der Waals surface area contributed by atoms with Crippen molar-refractivity contribution in [2.45, 2.75) is 0 Å². The molecule has 0 spiro atoms. The maximum Gasteiger partial charge on any atom is 0.525 e. The Bertz CT molecular complexity index is 523. The molecular weight excluding hydrogens is 259 g/mol. The SMILES string of the molecule is O=[N+]([O-])c1ccc(OP(=O)(O)O)c([N+](=O)[O-])c1. The molecule has 2 N–H and O–H groups in total. The third-order valence-corrected chi connectivity index (χ3v) is 2.00. The Hall–Kier alpha value is -2.03. The van der Waals surface area contributed by atoms with Crippen LogP contribution in [0.25, 0.3) is 0 Å². The zero-order valence-electron chi connectivity index (χ0n) is 7.92. The monoisotopic (exact) mass is 264 g/mol. The van der Waals surface area contributed by atoms with E-state index in [-0.39, 0.29) is 0 Å². The van der Waals surface area contributed by atoms with Crippen LogP contribution < -0.4 is 4.52 Å². The molecule has 92 valence electrons. The first-order valence-corrected chi connectivity index (χ1v) is 5.42. The van der Waals surface area contributed by atoms with Crippen LogP contribution in [0.1, 0.15) is 0 Å². The largest absolute Gasteiger partial charge is 0.525 e. The molecule has 17 heavy (non-hydrogen) atoms. The highest BCUT2D eigenvalue weighted by Gasteiger charge is 2.26. The van der Waals surface area contributed by atoms with Gasteiger partial charge < -0.3 is 4.52 Å². The number of hydrogen-bond donors (Lipinski definition) is 2. The Morgan fingerprint density at radius 1 is 1.18 bits per heavy atom. The number of nitrogens with zero attached hydrogens (tertiary/aromatic N) is 2. The van der Waals surface area contributed by atoms with Gasteiger partial charge in [-0.25, -0.2) is 4.57 Å². The highest BCUT2D eigenvalue weighted by molar-refractivity contribution is 7.46. The fourth-order valence-corrected chi connectivity index (χ4v) is 1.38. The van der Waals surface area contributed by atoms with Crippen LogP contribution in [0.4, 0.5) is 11.4 Å². The molecular formula is C6H5N2O8P. The smallest absolute Gasteiger partial charge is 0.397 e. The van der Waals surface area contributed by atoms with E-state index in [4.69, 9.17) is 9.79 Å². The molecule has 1 rings (SSSR count). The molecule has 0 aliphatic carbocycles. The Kier molecular flexibility index (Phi) is 3.42. The van der Waals surface area contributed by atoms with Gasteiger partial charge >= 0.3 is 13.5 Å². The minimum Gasteiger partial charge on any atom is -0.397 e. The normalized spacial score (nSPS) is 10.9. The molecule has 0 fully saturated rings. The lowest BCUT2D eigenvalue weighted by atomic mass is 10.2. The fourth-order valence-electron chi connectivity index (χ4n) is 0.967. The standard InChI is InChI=1S/C6H5N2O8P/c9-7(10)4-1-2-6(16-17(13,14)15)5(3-4)8(11)12/h1-3H,(H2,13,14,15). The minimum absolute atomic E-state index is 0.547. The molecule has 1 aromatic carbocycles. The Labute approximate surface area is 93.0 Å². The van der Waals surface area contributed by atoms with Crippen LogP contribution in [0, 0.1) is 20.2 Å². The van der Waals surface area contributed by atoms with Crippen molar-refractivity contribution in [1.82, 2.24) is 0 Å². The van der Waals surface area contributed by atoms with Gasteiger partial charge in [0.25, 0.3) is 5.69 Å². The Morgan fingerprint density at radius 3 is 2.18 bits per heavy atom. The molecule has 0 amide bonds. The quantitative estimate of drug-likeness (QED) is 0.463. The molecule has 0 aromatic heterocycles. The van der Waals surface area contributed by atoms with Crippen LogP contribution in [0.5, 0.6) is 5.75 Å². The van der Waals surface area contributed by atoms with Crippen LogP contribution in [-0.4, -0.2) is 19.6 Å². The summed E-state index contributed by atoms with van der Waals surface area (Å²) in [5, 5.41) is 20.9. The molecule has 0 aliphatic heterocycles. The van der Waals surface area contributed by atoms with Crippen molar-refractivity contribution in [3.63, 3.8) is 0 Å². The second kappa shape index (κ2) is 4.45. The summed E-state index contributed by atoms with van der Waals surface area (Å²) in [5.41, 5.74) is -1.49. The van der Waals surface area contributed by atoms with E-state index in [0.717, 1.165) is 12.1 Å². The summed E-state index contributed by atoms with van der Waals surface area (Å²) in [6.45, 7) is 0. The van der Waals surface area contributed by atoms with E-state index in [9.17, 15) is 24.8 Å². The van der Waals surface area contributed by atoms with Gasteiger partial charge in [0.15, 0.2) is 0 Å². The van der Waals surface area contributed by atoms with Crippen molar-refractivity contribution in [2.75, 3.05) is 0 Å². The first-order chi connectivity index (χ1) is 7.70. The summed E-state index contributed by atoms with van der Waals surface area (Å²) in [6, 6.07) is 2.12. The van der Waals surface area contributed by atoms with Crippen molar-refractivity contribution < 1.29 is 28.7 Å². The first kappa shape index (κ1) is 13.0.